The summed E-state index contributed by atoms with van der Waals surface area (Å²) >= 11 is 0. The maximum Gasteiger partial charge on any atom is 0.212 e. The number of allylic oxidation sites excluding steroid dienone is 1. The van der Waals surface area contributed by atoms with Crippen LogP contribution in [-0.4, -0.2) is 29.2 Å². The van der Waals surface area contributed by atoms with E-state index in [1.165, 1.54) is 0 Å². The van der Waals surface area contributed by atoms with Gasteiger partial charge in [-0.2, -0.15) is 0 Å². The first-order valence-electron chi connectivity index (χ1n) is 4.44. The van der Waals surface area contributed by atoms with Crippen LogP contribution in [0.15, 0.2) is 11.6 Å². The minimum Gasteiger partial charge on any atom is -0.390 e. The first-order chi connectivity index (χ1) is 5.76. The fraction of sp³-hybridized carbons (Fsp3) is 0.778. The number of fused-ring (bicyclic) bond motifs is 1. The normalized spacial score (nSPS) is 40.8. The van der Waals surface area contributed by atoms with Gasteiger partial charge in [0.05, 0.1) is 6.61 Å². The number of rotatable bonds is 1. The highest BCUT2D eigenvalue weighted by Gasteiger charge is 2.41. The molecule has 2 atom stereocenters. The maximum atomic E-state index is 9.81. The van der Waals surface area contributed by atoms with E-state index in [0.717, 1.165) is 24.8 Å². The lowest BCUT2D eigenvalue weighted by Crippen LogP contribution is -2.44. The van der Waals surface area contributed by atoms with Gasteiger partial charge in [0.15, 0.2) is 0 Å². The fourth-order valence-corrected chi connectivity index (χ4v) is 2.13. The molecule has 0 unspecified atom stereocenters. The monoisotopic (exact) mass is 170 g/mol. The molecule has 2 rings (SSSR count). The summed E-state index contributed by atoms with van der Waals surface area (Å²) in [5, 5.41) is 18.8. The molecule has 0 amide bonds. The van der Waals surface area contributed by atoms with Crippen LogP contribution in [0.4, 0.5) is 0 Å². The van der Waals surface area contributed by atoms with E-state index in [-0.39, 0.29) is 6.61 Å². The molecule has 2 N–H and O–H groups in total. The number of aliphatic hydroxyl groups is 2. The van der Waals surface area contributed by atoms with Gasteiger partial charge in [0.2, 0.25) is 5.79 Å². The van der Waals surface area contributed by atoms with Crippen molar-refractivity contribution in [3.05, 3.63) is 11.6 Å². The van der Waals surface area contributed by atoms with Gasteiger partial charge in [-0.25, -0.2) is 0 Å². The lowest BCUT2D eigenvalue weighted by molar-refractivity contribution is -0.215. The lowest BCUT2D eigenvalue weighted by Gasteiger charge is -2.36. The van der Waals surface area contributed by atoms with Crippen LogP contribution in [0.3, 0.4) is 0 Å². The van der Waals surface area contributed by atoms with E-state index in [0.29, 0.717) is 12.5 Å². The highest BCUT2D eigenvalue weighted by atomic mass is 16.6. The zero-order valence-corrected chi connectivity index (χ0v) is 6.99. The van der Waals surface area contributed by atoms with Crippen molar-refractivity contribution < 1.29 is 14.9 Å². The third kappa shape index (κ3) is 1.09. The molecule has 0 aromatic rings. The summed E-state index contributed by atoms with van der Waals surface area (Å²) in [6.07, 6.45) is 5.08. The molecule has 1 fully saturated rings. The van der Waals surface area contributed by atoms with Gasteiger partial charge < -0.3 is 14.9 Å². The molecule has 0 aromatic heterocycles. The Morgan fingerprint density at radius 2 is 2.42 bits per heavy atom. The van der Waals surface area contributed by atoms with Crippen molar-refractivity contribution in [3.63, 3.8) is 0 Å². The lowest BCUT2D eigenvalue weighted by atomic mass is 9.90. The van der Waals surface area contributed by atoms with Gasteiger partial charge >= 0.3 is 0 Å². The number of aliphatic hydroxyl groups excluding tert-OH is 1. The Labute approximate surface area is 71.7 Å². The van der Waals surface area contributed by atoms with E-state index < -0.39 is 5.79 Å². The Morgan fingerprint density at radius 3 is 3.17 bits per heavy atom. The van der Waals surface area contributed by atoms with E-state index in [2.05, 4.69) is 0 Å². The van der Waals surface area contributed by atoms with Crippen LogP contribution in [0.5, 0.6) is 0 Å². The number of ether oxygens (including phenoxy) is 1. The molecule has 12 heavy (non-hydrogen) atoms. The third-order valence-electron chi connectivity index (χ3n) is 2.79. The maximum absolute atomic E-state index is 9.81. The van der Waals surface area contributed by atoms with Crippen LogP contribution in [0.1, 0.15) is 19.3 Å². The molecule has 3 nitrogen and oxygen atoms in total. The standard InChI is InChI=1S/C9H14O3/c10-6-9(11)8-3-1-2-7(8)4-5-12-9/h3,7,10-11H,1-2,4-6H2/t7-,9+/m1/s1. The van der Waals surface area contributed by atoms with E-state index in [1.54, 1.807) is 0 Å². The Balaban J connectivity index is 2.23. The zero-order chi connectivity index (χ0) is 8.60. The predicted molar refractivity (Wildman–Crippen MR) is 43.4 cm³/mol. The van der Waals surface area contributed by atoms with E-state index in [1.807, 2.05) is 6.08 Å². The molecule has 1 saturated heterocycles. The second kappa shape index (κ2) is 2.83. The van der Waals surface area contributed by atoms with Gasteiger partial charge in [0.25, 0.3) is 0 Å². The van der Waals surface area contributed by atoms with E-state index in [9.17, 15) is 5.11 Å². The van der Waals surface area contributed by atoms with Crippen LogP contribution in [0, 0.1) is 5.92 Å². The Hall–Kier alpha value is -0.380. The second-order valence-corrected chi connectivity index (χ2v) is 3.51. The summed E-state index contributed by atoms with van der Waals surface area (Å²) in [7, 11) is 0. The van der Waals surface area contributed by atoms with Crippen LogP contribution in [0.2, 0.25) is 0 Å². The summed E-state index contributed by atoms with van der Waals surface area (Å²) in [4.78, 5) is 0. The molecular weight excluding hydrogens is 156 g/mol. The molecule has 1 aliphatic heterocycles. The molecule has 3 heteroatoms. The average Bonchev–Trinajstić information content (AvgIpc) is 2.54. The largest absolute Gasteiger partial charge is 0.390 e. The van der Waals surface area contributed by atoms with Crippen LogP contribution >= 0.6 is 0 Å². The molecule has 0 saturated carbocycles. The SMILES string of the molecule is OC[C@]1(O)OCC[C@H]2CCC=C21. The Bertz CT molecular complexity index is 212. The average molecular weight is 170 g/mol. The van der Waals surface area contributed by atoms with Gasteiger partial charge in [-0.15, -0.1) is 0 Å². The Kier molecular flexibility index (Phi) is 1.94. The fourth-order valence-electron chi connectivity index (χ4n) is 2.13. The Morgan fingerprint density at radius 1 is 1.58 bits per heavy atom. The summed E-state index contributed by atoms with van der Waals surface area (Å²) in [6.45, 7) is 0.231. The van der Waals surface area contributed by atoms with E-state index in [4.69, 9.17) is 9.84 Å². The summed E-state index contributed by atoms with van der Waals surface area (Å²) in [6, 6.07) is 0. The highest BCUT2D eigenvalue weighted by Crippen LogP contribution is 2.40. The molecule has 1 heterocycles. The number of hydrogen-bond donors (Lipinski definition) is 2. The van der Waals surface area contributed by atoms with Crippen molar-refractivity contribution in [2.75, 3.05) is 13.2 Å². The van der Waals surface area contributed by atoms with Gasteiger partial charge in [-0.1, -0.05) is 6.08 Å². The van der Waals surface area contributed by atoms with Gasteiger partial charge in [0.1, 0.15) is 6.61 Å². The third-order valence-corrected chi connectivity index (χ3v) is 2.79. The van der Waals surface area contributed by atoms with Crippen molar-refractivity contribution in [3.8, 4) is 0 Å². The first kappa shape index (κ1) is 8.23. The van der Waals surface area contributed by atoms with Crippen LogP contribution in [-0.2, 0) is 4.74 Å². The first-order valence-corrected chi connectivity index (χ1v) is 4.44. The predicted octanol–water partition coefficient (Wildman–Crippen LogP) is 0.424. The highest BCUT2D eigenvalue weighted by molar-refractivity contribution is 5.22. The van der Waals surface area contributed by atoms with Crippen molar-refractivity contribution in [1.82, 2.24) is 0 Å². The zero-order valence-electron chi connectivity index (χ0n) is 6.99. The van der Waals surface area contributed by atoms with Crippen molar-refractivity contribution in [2.45, 2.75) is 25.0 Å². The second-order valence-electron chi connectivity index (χ2n) is 3.51. The number of hydrogen-bond acceptors (Lipinski definition) is 3. The topological polar surface area (TPSA) is 49.7 Å². The van der Waals surface area contributed by atoms with Gasteiger partial charge in [0, 0.05) is 0 Å². The van der Waals surface area contributed by atoms with Gasteiger partial charge in [-0.05, 0) is 30.8 Å². The van der Waals surface area contributed by atoms with Gasteiger partial charge in [-0.3, -0.25) is 0 Å². The molecule has 0 spiro atoms. The molecular formula is C9H14O3. The minimum absolute atomic E-state index is 0.324. The van der Waals surface area contributed by atoms with E-state index >= 15 is 0 Å². The summed E-state index contributed by atoms with van der Waals surface area (Å²) in [5.74, 6) is -0.921. The summed E-state index contributed by atoms with van der Waals surface area (Å²) in [5.41, 5.74) is 0.899. The molecule has 2 aliphatic rings. The molecule has 0 bridgehead atoms. The van der Waals surface area contributed by atoms with Crippen LogP contribution in [0.25, 0.3) is 0 Å². The van der Waals surface area contributed by atoms with Crippen molar-refractivity contribution in [2.24, 2.45) is 5.92 Å². The quantitative estimate of drug-likeness (QED) is 0.561. The summed E-state index contributed by atoms with van der Waals surface area (Å²) < 4.78 is 5.17. The van der Waals surface area contributed by atoms with Crippen LogP contribution < -0.4 is 0 Å². The molecule has 68 valence electrons. The molecule has 0 radical (unpaired) electrons. The molecule has 0 aromatic carbocycles. The smallest absolute Gasteiger partial charge is 0.212 e. The van der Waals surface area contributed by atoms with Crippen molar-refractivity contribution >= 4 is 0 Å². The van der Waals surface area contributed by atoms with Crippen molar-refractivity contribution in [1.29, 1.82) is 0 Å². The molecule has 1 aliphatic carbocycles. The minimum atomic E-state index is -1.36.